The van der Waals surface area contributed by atoms with Crippen LogP contribution in [0.5, 0.6) is 0 Å². The number of carbonyl (C=O) groups is 1. The first-order chi connectivity index (χ1) is 8.04. The second-order valence-electron chi connectivity index (χ2n) is 3.38. The van der Waals surface area contributed by atoms with Crippen LogP contribution in [0.1, 0.15) is 10.4 Å². The largest absolute Gasteiger partial charge is 0.477 e. The van der Waals surface area contributed by atoms with Gasteiger partial charge in [0.05, 0.1) is 5.39 Å². The van der Waals surface area contributed by atoms with Gasteiger partial charge in [0.25, 0.3) is 0 Å². The van der Waals surface area contributed by atoms with Gasteiger partial charge in [0.2, 0.25) is 5.43 Å². The number of thioether (sulfide) groups is 1. The summed E-state index contributed by atoms with van der Waals surface area (Å²) in [5.41, 5.74) is -0.405. The minimum absolute atomic E-state index is 0.213. The molecule has 0 aliphatic carbocycles. The van der Waals surface area contributed by atoms with Crippen LogP contribution in [0.15, 0.2) is 22.3 Å². The number of aryl methyl sites for hydroxylation is 1. The number of aromatic carboxylic acids is 1. The van der Waals surface area contributed by atoms with Crippen LogP contribution >= 0.6 is 11.8 Å². The molecule has 0 atom stereocenters. The number of pyridine rings is 1. The standard InChI is InChI=1S/C10H9N3O3S/c1-13-4-6(9(15)16)7(14)5-3-11-10(17-2)12-8(5)13/h3-4H,1-2H3,(H,15,16). The monoisotopic (exact) mass is 251 g/mol. The first-order valence-electron chi connectivity index (χ1n) is 4.68. The van der Waals surface area contributed by atoms with E-state index in [0.717, 1.165) is 0 Å². The summed E-state index contributed by atoms with van der Waals surface area (Å²) in [6.45, 7) is 0. The maximum absolute atomic E-state index is 11.8. The van der Waals surface area contributed by atoms with Crippen molar-refractivity contribution in [3.63, 3.8) is 0 Å². The summed E-state index contributed by atoms with van der Waals surface area (Å²) in [5, 5.41) is 9.64. The topological polar surface area (TPSA) is 85.1 Å². The van der Waals surface area contributed by atoms with Crippen LogP contribution in [0.25, 0.3) is 11.0 Å². The summed E-state index contributed by atoms with van der Waals surface area (Å²) in [7, 11) is 1.64. The number of aromatic nitrogens is 3. The summed E-state index contributed by atoms with van der Waals surface area (Å²) in [6, 6.07) is 0. The first-order valence-corrected chi connectivity index (χ1v) is 5.90. The Labute approximate surface area is 100 Å². The highest BCUT2D eigenvalue weighted by Crippen LogP contribution is 2.13. The van der Waals surface area contributed by atoms with E-state index in [9.17, 15) is 9.59 Å². The summed E-state index contributed by atoms with van der Waals surface area (Å²) in [5.74, 6) is -1.25. The Bertz CT molecular complexity index is 666. The number of carboxylic acid groups (broad SMARTS) is 1. The lowest BCUT2D eigenvalue weighted by molar-refractivity contribution is 0.0695. The Morgan fingerprint density at radius 1 is 1.53 bits per heavy atom. The van der Waals surface area contributed by atoms with Gasteiger partial charge in [0, 0.05) is 19.4 Å². The fourth-order valence-corrected chi connectivity index (χ4v) is 1.83. The molecule has 17 heavy (non-hydrogen) atoms. The Balaban J connectivity index is 2.87. The third kappa shape index (κ3) is 1.89. The van der Waals surface area contributed by atoms with Crippen LogP contribution in [0.2, 0.25) is 0 Å². The van der Waals surface area contributed by atoms with E-state index in [0.29, 0.717) is 10.8 Å². The quantitative estimate of drug-likeness (QED) is 0.626. The van der Waals surface area contributed by atoms with E-state index < -0.39 is 11.4 Å². The van der Waals surface area contributed by atoms with Crippen molar-refractivity contribution in [3.8, 4) is 0 Å². The van der Waals surface area contributed by atoms with Gasteiger partial charge in [-0.2, -0.15) is 0 Å². The van der Waals surface area contributed by atoms with Gasteiger partial charge < -0.3 is 9.67 Å². The number of nitrogens with zero attached hydrogens (tertiary/aromatic N) is 3. The zero-order valence-corrected chi connectivity index (χ0v) is 9.98. The summed E-state index contributed by atoms with van der Waals surface area (Å²) >= 11 is 1.35. The van der Waals surface area contributed by atoms with Crippen molar-refractivity contribution in [1.82, 2.24) is 14.5 Å². The van der Waals surface area contributed by atoms with Crippen LogP contribution in [0.4, 0.5) is 0 Å². The molecule has 0 aromatic carbocycles. The van der Waals surface area contributed by atoms with Crippen LogP contribution in [-0.2, 0) is 7.05 Å². The minimum atomic E-state index is -1.25. The van der Waals surface area contributed by atoms with Crippen LogP contribution < -0.4 is 5.43 Å². The van der Waals surface area contributed by atoms with Gasteiger partial charge in [-0.25, -0.2) is 14.8 Å². The van der Waals surface area contributed by atoms with Crippen molar-refractivity contribution in [3.05, 3.63) is 28.2 Å². The minimum Gasteiger partial charge on any atom is -0.477 e. The maximum Gasteiger partial charge on any atom is 0.341 e. The van der Waals surface area contributed by atoms with Crippen molar-refractivity contribution in [2.24, 2.45) is 7.05 Å². The van der Waals surface area contributed by atoms with Gasteiger partial charge in [-0.05, 0) is 6.26 Å². The van der Waals surface area contributed by atoms with Gasteiger partial charge in [0.15, 0.2) is 5.16 Å². The Hall–Kier alpha value is -1.89. The molecule has 2 heterocycles. The van der Waals surface area contributed by atoms with Crippen LogP contribution in [-0.4, -0.2) is 31.9 Å². The molecule has 0 saturated carbocycles. The lowest BCUT2D eigenvalue weighted by atomic mass is 10.2. The lowest BCUT2D eigenvalue weighted by Crippen LogP contribution is -2.18. The fourth-order valence-electron chi connectivity index (χ4n) is 1.50. The molecule has 7 heteroatoms. The molecule has 0 saturated heterocycles. The summed E-state index contributed by atoms with van der Waals surface area (Å²) in [4.78, 5) is 30.9. The number of carboxylic acids is 1. The van der Waals surface area contributed by atoms with Gasteiger partial charge in [-0.3, -0.25) is 4.79 Å². The highest BCUT2D eigenvalue weighted by Gasteiger charge is 2.14. The number of fused-ring (bicyclic) bond motifs is 1. The molecule has 88 valence electrons. The maximum atomic E-state index is 11.8. The van der Waals surface area contributed by atoms with E-state index >= 15 is 0 Å². The van der Waals surface area contributed by atoms with E-state index in [1.54, 1.807) is 7.05 Å². The molecule has 0 fully saturated rings. The molecule has 6 nitrogen and oxygen atoms in total. The van der Waals surface area contributed by atoms with Crippen molar-refractivity contribution in [2.45, 2.75) is 5.16 Å². The molecular weight excluding hydrogens is 242 g/mol. The Morgan fingerprint density at radius 2 is 2.24 bits per heavy atom. The highest BCUT2D eigenvalue weighted by molar-refractivity contribution is 7.98. The zero-order chi connectivity index (χ0) is 12.6. The zero-order valence-electron chi connectivity index (χ0n) is 9.17. The summed E-state index contributed by atoms with van der Waals surface area (Å²) in [6.07, 6.45) is 4.46. The predicted octanol–water partition coefficient (Wildman–Crippen LogP) is 0.749. The Morgan fingerprint density at radius 3 is 2.82 bits per heavy atom. The van der Waals surface area contributed by atoms with E-state index in [-0.39, 0.29) is 10.9 Å². The van der Waals surface area contributed by atoms with Crippen molar-refractivity contribution >= 4 is 28.8 Å². The molecule has 0 aliphatic rings. The smallest absolute Gasteiger partial charge is 0.341 e. The molecule has 0 radical (unpaired) electrons. The van der Waals surface area contributed by atoms with Gasteiger partial charge >= 0.3 is 5.97 Å². The van der Waals surface area contributed by atoms with Crippen molar-refractivity contribution < 1.29 is 9.90 Å². The average Bonchev–Trinajstić information content (AvgIpc) is 2.32. The van der Waals surface area contributed by atoms with Crippen molar-refractivity contribution in [1.29, 1.82) is 0 Å². The molecule has 0 unspecified atom stereocenters. The molecule has 0 amide bonds. The van der Waals surface area contributed by atoms with Gasteiger partial charge in [-0.15, -0.1) is 0 Å². The second kappa shape index (κ2) is 4.17. The molecule has 1 N–H and O–H groups in total. The van der Waals surface area contributed by atoms with Crippen LogP contribution in [0.3, 0.4) is 0 Å². The predicted molar refractivity (Wildman–Crippen MR) is 63.5 cm³/mol. The number of hydrogen-bond donors (Lipinski definition) is 1. The second-order valence-corrected chi connectivity index (χ2v) is 4.16. The average molecular weight is 251 g/mol. The molecule has 2 aromatic heterocycles. The van der Waals surface area contributed by atoms with Crippen molar-refractivity contribution in [2.75, 3.05) is 6.26 Å². The Kier molecular flexibility index (Phi) is 2.84. The van der Waals surface area contributed by atoms with Gasteiger partial charge in [-0.1, -0.05) is 11.8 Å². The van der Waals surface area contributed by atoms with E-state index in [2.05, 4.69) is 9.97 Å². The molecule has 2 aromatic rings. The normalized spacial score (nSPS) is 10.7. The summed E-state index contributed by atoms with van der Waals surface area (Å²) < 4.78 is 1.52. The third-order valence-corrected chi connectivity index (χ3v) is 2.87. The highest BCUT2D eigenvalue weighted by atomic mass is 32.2. The van der Waals surface area contributed by atoms with Crippen LogP contribution in [0, 0.1) is 0 Å². The van der Waals surface area contributed by atoms with E-state index in [1.165, 1.54) is 28.7 Å². The molecule has 0 bridgehead atoms. The third-order valence-electron chi connectivity index (χ3n) is 2.31. The van der Waals surface area contributed by atoms with Gasteiger partial charge in [0.1, 0.15) is 11.2 Å². The molecular formula is C10H9N3O3S. The van der Waals surface area contributed by atoms with E-state index in [4.69, 9.17) is 5.11 Å². The molecule has 0 spiro atoms. The number of hydrogen-bond acceptors (Lipinski definition) is 5. The fraction of sp³-hybridized carbons (Fsp3) is 0.200. The number of rotatable bonds is 2. The van der Waals surface area contributed by atoms with E-state index in [1.807, 2.05) is 6.26 Å². The molecule has 2 rings (SSSR count). The molecule has 0 aliphatic heterocycles. The lowest BCUT2D eigenvalue weighted by Gasteiger charge is -2.06. The first kappa shape index (κ1) is 11.6. The SMILES string of the molecule is CSc1ncc2c(=O)c(C(=O)O)cn(C)c2n1.